The van der Waals surface area contributed by atoms with Crippen LogP contribution >= 0.6 is 11.3 Å². The molecule has 0 amide bonds. The Labute approximate surface area is 215 Å². The van der Waals surface area contributed by atoms with E-state index in [1.54, 1.807) is 0 Å². The fourth-order valence-electron chi connectivity index (χ4n) is 5.28. The molecule has 0 saturated heterocycles. The van der Waals surface area contributed by atoms with Crippen molar-refractivity contribution in [2.75, 3.05) is 0 Å². The van der Waals surface area contributed by atoms with E-state index >= 15 is 0 Å². The summed E-state index contributed by atoms with van der Waals surface area (Å²) in [5, 5.41) is 6.95. The lowest BCUT2D eigenvalue weighted by molar-refractivity contribution is 0.411. The van der Waals surface area contributed by atoms with Crippen LogP contribution in [0.15, 0.2) is 60.8 Å². The third-order valence-corrected chi connectivity index (χ3v) is 10.0. The maximum atomic E-state index is 5.17. The smallest absolute Gasteiger partial charge is 0.0880 e. The number of aromatic nitrogens is 1. The summed E-state index contributed by atoms with van der Waals surface area (Å²) in [7, 11) is -1.58. The number of benzene rings is 3. The fraction of sp³-hybridized carbons (Fsp3) is 0.344. The number of rotatable bonds is 4. The van der Waals surface area contributed by atoms with E-state index in [2.05, 4.69) is 115 Å². The van der Waals surface area contributed by atoms with Crippen LogP contribution in [-0.4, -0.2) is 13.1 Å². The van der Waals surface area contributed by atoms with Gasteiger partial charge in [0, 0.05) is 27.2 Å². The predicted octanol–water partition coefficient (Wildman–Crippen LogP) is 9.53. The Balaban J connectivity index is 1.82. The van der Waals surface area contributed by atoms with Crippen LogP contribution in [0.1, 0.15) is 51.7 Å². The minimum Gasteiger partial charge on any atom is -0.255 e. The summed E-state index contributed by atoms with van der Waals surface area (Å²) in [5.74, 6) is 0.457. The third kappa shape index (κ3) is 4.57. The van der Waals surface area contributed by atoms with Gasteiger partial charge in [0.25, 0.3) is 0 Å². The molecule has 0 aliphatic rings. The van der Waals surface area contributed by atoms with Gasteiger partial charge in [0.05, 0.1) is 18.5 Å². The van der Waals surface area contributed by atoms with Crippen LogP contribution in [0.2, 0.25) is 19.6 Å². The Morgan fingerprint density at radius 3 is 2.34 bits per heavy atom. The molecule has 35 heavy (non-hydrogen) atoms. The van der Waals surface area contributed by atoms with E-state index in [9.17, 15) is 0 Å². The second-order valence-electron chi connectivity index (χ2n) is 12.6. The highest BCUT2D eigenvalue weighted by Crippen LogP contribution is 2.41. The van der Waals surface area contributed by atoms with Crippen LogP contribution in [0.3, 0.4) is 0 Å². The van der Waals surface area contributed by atoms with E-state index < -0.39 is 8.07 Å². The number of thiophene rings is 1. The topological polar surface area (TPSA) is 12.9 Å². The monoisotopic (exact) mass is 495 g/mol. The van der Waals surface area contributed by atoms with Gasteiger partial charge in [-0.3, -0.25) is 4.98 Å². The van der Waals surface area contributed by atoms with Crippen LogP contribution in [0, 0.1) is 5.41 Å². The maximum absolute atomic E-state index is 5.17. The molecule has 0 fully saturated rings. The second-order valence-corrected chi connectivity index (χ2v) is 18.7. The van der Waals surface area contributed by atoms with Crippen LogP contribution in [-0.2, 0) is 6.42 Å². The molecular formula is C32H37NSSi. The van der Waals surface area contributed by atoms with Crippen molar-refractivity contribution >= 4 is 55.5 Å². The zero-order chi connectivity index (χ0) is 25.1. The van der Waals surface area contributed by atoms with E-state index in [4.69, 9.17) is 4.98 Å². The van der Waals surface area contributed by atoms with Gasteiger partial charge in [-0.15, -0.1) is 11.3 Å². The molecule has 180 valence electrons. The van der Waals surface area contributed by atoms with Crippen molar-refractivity contribution in [3.63, 3.8) is 0 Å². The van der Waals surface area contributed by atoms with Gasteiger partial charge in [-0.2, -0.15) is 0 Å². The van der Waals surface area contributed by atoms with Gasteiger partial charge in [0.1, 0.15) is 0 Å². The number of pyridine rings is 1. The second kappa shape index (κ2) is 8.57. The van der Waals surface area contributed by atoms with Crippen molar-refractivity contribution in [1.82, 2.24) is 4.98 Å². The molecule has 5 aromatic rings. The average Bonchev–Trinajstić information content (AvgIpc) is 3.14. The average molecular weight is 496 g/mol. The molecule has 5 rings (SSSR count). The van der Waals surface area contributed by atoms with Gasteiger partial charge in [-0.1, -0.05) is 90.7 Å². The third-order valence-electron chi connectivity index (χ3n) is 6.89. The molecule has 0 radical (unpaired) electrons. The molecule has 0 atom stereocenters. The molecule has 3 aromatic carbocycles. The van der Waals surface area contributed by atoms with Gasteiger partial charge >= 0.3 is 0 Å². The Bertz CT molecular complexity index is 1560. The summed E-state index contributed by atoms with van der Waals surface area (Å²) in [6, 6.07) is 20.7. The Morgan fingerprint density at radius 1 is 0.914 bits per heavy atom. The molecule has 2 heterocycles. The van der Waals surface area contributed by atoms with Crippen LogP contribution in [0.25, 0.3) is 42.2 Å². The number of hydrogen-bond donors (Lipinski definition) is 0. The molecule has 0 spiro atoms. The van der Waals surface area contributed by atoms with Gasteiger partial charge in [-0.25, -0.2) is 0 Å². The lowest BCUT2D eigenvalue weighted by Crippen LogP contribution is -2.38. The number of fused-ring (bicyclic) bond motifs is 4. The van der Waals surface area contributed by atoms with Gasteiger partial charge < -0.3 is 0 Å². The summed E-state index contributed by atoms with van der Waals surface area (Å²) >= 11 is 1.93. The van der Waals surface area contributed by atoms with Crippen molar-refractivity contribution in [3.8, 4) is 11.3 Å². The Morgan fingerprint density at radius 2 is 1.66 bits per heavy atom. The summed E-state index contributed by atoms with van der Waals surface area (Å²) in [4.78, 5) is 5.17. The maximum Gasteiger partial charge on any atom is 0.0880 e. The first-order valence-corrected chi connectivity index (χ1v) is 17.1. The zero-order valence-electron chi connectivity index (χ0n) is 22.4. The molecule has 1 nitrogen and oxygen atoms in total. The van der Waals surface area contributed by atoms with E-state index in [0.717, 1.165) is 12.1 Å². The quantitative estimate of drug-likeness (QED) is 0.226. The molecular weight excluding hydrogens is 459 g/mol. The first-order valence-electron chi connectivity index (χ1n) is 12.8. The molecule has 3 heteroatoms. The predicted molar refractivity (Wildman–Crippen MR) is 160 cm³/mol. The van der Waals surface area contributed by atoms with E-state index in [1.165, 1.54) is 52.8 Å². The van der Waals surface area contributed by atoms with Gasteiger partial charge in [0.2, 0.25) is 0 Å². The Kier molecular flexibility index (Phi) is 5.93. The summed E-state index contributed by atoms with van der Waals surface area (Å²) in [6.07, 6.45) is 3.29. The van der Waals surface area contributed by atoms with Crippen molar-refractivity contribution in [1.29, 1.82) is 0 Å². The highest BCUT2D eigenvalue weighted by molar-refractivity contribution is 7.26. The molecule has 0 bridgehead atoms. The zero-order valence-corrected chi connectivity index (χ0v) is 24.2. The van der Waals surface area contributed by atoms with Crippen molar-refractivity contribution < 1.29 is 0 Å². The minimum atomic E-state index is -1.58. The molecule has 0 aliphatic carbocycles. The van der Waals surface area contributed by atoms with E-state index in [1.807, 2.05) is 11.3 Å². The van der Waals surface area contributed by atoms with Gasteiger partial charge in [0.15, 0.2) is 0 Å². The van der Waals surface area contributed by atoms with Gasteiger partial charge in [-0.05, 0) is 63.0 Å². The molecule has 0 aliphatic heterocycles. The minimum absolute atomic E-state index is 0.277. The highest BCUT2D eigenvalue weighted by Gasteiger charge is 2.25. The molecule has 2 aromatic heterocycles. The SMILES string of the molecule is CC(C)c1cc(-c2ncc([Si](C)(C)C)c3c2sc2cc(CC(C)(C)C)ccc23)cc2ccccc12. The summed E-state index contributed by atoms with van der Waals surface area (Å²) in [6.45, 7) is 18.9. The van der Waals surface area contributed by atoms with Crippen LogP contribution in [0.5, 0.6) is 0 Å². The Hall–Kier alpha value is -2.49. The largest absolute Gasteiger partial charge is 0.255 e. The molecule has 0 unspecified atom stereocenters. The van der Waals surface area contributed by atoms with Crippen molar-refractivity contribution in [3.05, 3.63) is 71.9 Å². The normalized spacial score (nSPS) is 12.9. The highest BCUT2D eigenvalue weighted by atomic mass is 32.1. The molecule has 0 saturated carbocycles. The fourth-order valence-corrected chi connectivity index (χ4v) is 8.13. The number of hydrogen-bond acceptors (Lipinski definition) is 2. The van der Waals surface area contributed by atoms with Crippen molar-refractivity contribution in [2.24, 2.45) is 5.41 Å². The number of nitrogens with zero attached hydrogens (tertiary/aromatic N) is 1. The first kappa shape index (κ1) is 24.2. The van der Waals surface area contributed by atoms with Crippen LogP contribution in [0.4, 0.5) is 0 Å². The van der Waals surface area contributed by atoms with E-state index in [-0.39, 0.29) is 5.41 Å². The van der Waals surface area contributed by atoms with Crippen LogP contribution < -0.4 is 5.19 Å². The summed E-state index contributed by atoms with van der Waals surface area (Å²) in [5.41, 5.74) is 5.47. The standard InChI is InChI=1S/C32H37NSSi/c1-20(2)26-17-23(16-22-11-9-10-12-24(22)26)30-31-29(28(19-33-30)35(6,7)8)25-14-13-21(15-27(25)34-31)18-32(3,4)5/h9-17,19-20H,18H2,1-8H3. The first-order chi connectivity index (χ1) is 16.4. The molecule has 0 N–H and O–H groups in total. The van der Waals surface area contributed by atoms with Crippen molar-refractivity contribution in [2.45, 2.75) is 66.6 Å². The lowest BCUT2D eigenvalue weighted by Gasteiger charge is -2.20. The lowest BCUT2D eigenvalue weighted by atomic mass is 9.88. The van der Waals surface area contributed by atoms with E-state index in [0.29, 0.717) is 5.92 Å². The summed E-state index contributed by atoms with van der Waals surface area (Å²) < 4.78 is 2.73.